The van der Waals surface area contributed by atoms with Crippen molar-refractivity contribution in [2.24, 2.45) is 7.05 Å². The van der Waals surface area contributed by atoms with Crippen molar-refractivity contribution in [3.05, 3.63) is 95.4 Å². The van der Waals surface area contributed by atoms with Gasteiger partial charge >= 0.3 is 0 Å². The maximum atomic E-state index is 13.1. The van der Waals surface area contributed by atoms with E-state index in [-0.39, 0.29) is 17.3 Å². The van der Waals surface area contributed by atoms with E-state index in [0.717, 1.165) is 17.0 Å². The molecule has 1 amide bonds. The minimum Gasteiger partial charge on any atom is -0.322 e. The van der Waals surface area contributed by atoms with Gasteiger partial charge in [0.25, 0.3) is 5.91 Å². The summed E-state index contributed by atoms with van der Waals surface area (Å²) in [7, 11) is -0.336. The quantitative estimate of drug-likeness (QED) is 0.437. The number of hydrogen-bond acceptors (Lipinski definition) is 4. The molecule has 0 saturated heterocycles. The summed E-state index contributed by atoms with van der Waals surface area (Å²) in [5, 5.41) is 7.11. The Morgan fingerprint density at radius 1 is 0.971 bits per heavy atom. The van der Waals surface area contributed by atoms with Crippen LogP contribution in [0.4, 0.5) is 5.69 Å². The largest absolute Gasteiger partial charge is 0.322 e. The fourth-order valence-corrected chi connectivity index (χ4v) is 5.03. The highest BCUT2D eigenvalue weighted by Gasteiger charge is 2.22. The maximum absolute atomic E-state index is 13.1. The van der Waals surface area contributed by atoms with Crippen LogP contribution in [0.3, 0.4) is 0 Å². The molecule has 2 aromatic carbocycles. The van der Waals surface area contributed by atoms with Gasteiger partial charge in [-0.25, -0.2) is 8.42 Å². The Bertz CT molecular complexity index is 1400. The highest BCUT2D eigenvalue weighted by Crippen LogP contribution is 2.23. The van der Waals surface area contributed by atoms with E-state index >= 15 is 0 Å². The first-order valence-electron chi connectivity index (χ1n) is 10.8. The smallest absolute Gasteiger partial charge is 0.261 e. The molecule has 0 fully saturated rings. The Morgan fingerprint density at radius 2 is 1.59 bits per heavy atom. The molecular weight excluding hydrogens is 450 g/mol. The molecule has 0 radical (unpaired) electrons. The summed E-state index contributed by atoms with van der Waals surface area (Å²) in [5.41, 5.74) is 3.79. The molecule has 2 aromatic heterocycles. The van der Waals surface area contributed by atoms with E-state index in [1.165, 1.54) is 22.6 Å². The Hall–Kier alpha value is -3.69. The van der Waals surface area contributed by atoms with Crippen molar-refractivity contribution in [3.63, 3.8) is 0 Å². The number of aryl methyl sites for hydroxylation is 3. The Balaban J connectivity index is 1.52. The van der Waals surface area contributed by atoms with Gasteiger partial charge in [-0.1, -0.05) is 30.3 Å². The molecule has 0 spiro atoms. The second-order valence-electron chi connectivity index (χ2n) is 8.18. The van der Waals surface area contributed by atoms with Crippen molar-refractivity contribution in [2.75, 3.05) is 12.4 Å². The van der Waals surface area contributed by atoms with Gasteiger partial charge in [0.05, 0.1) is 11.1 Å². The summed E-state index contributed by atoms with van der Waals surface area (Å²) in [6, 6.07) is 19.5. The molecule has 0 atom stereocenters. The molecule has 8 nitrogen and oxygen atoms in total. The van der Waals surface area contributed by atoms with Crippen LogP contribution in [0, 0.1) is 13.8 Å². The molecule has 0 saturated carbocycles. The van der Waals surface area contributed by atoms with Crippen LogP contribution >= 0.6 is 0 Å². The van der Waals surface area contributed by atoms with Crippen LogP contribution in [0.2, 0.25) is 0 Å². The van der Waals surface area contributed by atoms with Crippen LogP contribution in [0.5, 0.6) is 0 Å². The van der Waals surface area contributed by atoms with Gasteiger partial charge in [0.15, 0.2) is 0 Å². The van der Waals surface area contributed by atoms with Gasteiger partial charge < -0.3 is 9.88 Å². The van der Waals surface area contributed by atoms with E-state index in [2.05, 4.69) is 10.4 Å². The van der Waals surface area contributed by atoms with Gasteiger partial charge in [-0.05, 0) is 55.8 Å². The van der Waals surface area contributed by atoms with Crippen molar-refractivity contribution < 1.29 is 13.2 Å². The SMILES string of the molecule is Cc1ccc(C)n1-c1c(C(=O)Nc2ccc(S(=O)(=O)N(C)Cc3ccccc3)cc2)cnn1C. The zero-order valence-corrected chi connectivity index (χ0v) is 20.4. The molecule has 4 rings (SSSR count). The zero-order chi connectivity index (χ0) is 24.5. The van der Waals surface area contributed by atoms with Crippen LogP contribution in [-0.2, 0) is 23.6 Å². The van der Waals surface area contributed by atoms with Crippen molar-refractivity contribution in [3.8, 4) is 5.82 Å². The summed E-state index contributed by atoms with van der Waals surface area (Å²) in [5.74, 6) is 0.339. The average molecular weight is 478 g/mol. The number of benzene rings is 2. The first-order valence-corrected chi connectivity index (χ1v) is 12.2. The number of nitrogens with one attached hydrogen (secondary N) is 1. The second-order valence-corrected chi connectivity index (χ2v) is 10.2. The van der Waals surface area contributed by atoms with Gasteiger partial charge in [-0.3, -0.25) is 9.48 Å². The number of nitrogens with zero attached hydrogens (tertiary/aromatic N) is 4. The molecule has 0 bridgehead atoms. The predicted molar refractivity (Wildman–Crippen MR) is 131 cm³/mol. The molecule has 2 heterocycles. The minimum atomic E-state index is -3.67. The van der Waals surface area contributed by atoms with Crippen LogP contribution in [0.1, 0.15) is 27.3 Å². The minimum absolute atomic E-state index is 0.157. The predicted octanol–water partition coefficient (Wildman–Crippen LogP) is 3.90. The van der Waals surface area contributed by atoms with E-state index in [4.69, 9.17) is 0 Å². The third-order valence-corrected chi connectivity index (χ3v) is 7.52. The number of sulfonamides is 1. The number of hydrogen-bond donors (Lipinski definition) is 1. The summed E-state index contributed by atoms with van der Waals surface area (Å²) in [6.07, 6.45) is 1.53. The van der Waals surface area contributed by atoms with Gasteiger partial charge in [-0.2, -0.15) is 9.40 Å². The van der Waals surface area contributed by atoms with Gasteiger partial charge in [-0.15, -0.1) is 0 Å². The lowest BCUT2D eigenvalue weighted by Gasteiger charge is -2.17. The van der Waals surface area contributed by atoms with Crippen LogP contribution in [-0.4, -0.2) is 40.0 Å². The third kappa shape index (κ3) is 4.52. The highest BCUT2D eigenvalue weighted by atomic mass is 32.2. The molecule has 1 N–H and O–H groups in total. The van der Waals surface area contributed by atoms with Gasteiger partial charge in [0.2, 0.25) is 10.0 Å². The molecule has 9 heteroatoms. The van der Waals surface area contributed by atoms with E-state index in [1.54, 1.807) is 30.9 Å². The molecule has 34 heavy (non-hydrogen) atoms. The van der Waals surface area contributed by atoms with E-state index in [0.29, 0.717) is 17.1 Å². The van der Waals surface area contributed by atoms with Crippen molar-refractivity contribution in [1.82, 2.24) is 18.7 Å². The first kappa shape index (κ1) is 23.5. The lowest BCUT2D eigenvalue weighted by atomic mass is 10.2. The monoisotopic (exact) mass is 477 g/mol. The summed E-state index contributed by atoms with van der Waals surface area (Å²) in [4.78, 5) is 13.2. The molecule has 0 aliphatic carbocycles. The van der Waals surface area contributed by atoms with E-state index in [9.17, 15) is 13.2 Å². The lowest BCUT2D eigenvalue weighted by molar-refractivity contribution is 0.102. The van der Waals surface area contributed by atoms with Crippen LogP contribution in [0.15, 0.2) is 77.8 Å². The molecule has 176 valence electrons. The zero-order valence-electron chi connectivity index (χ0n) is 19.6. The van der Waals surface area contributed by atoms with Crippen molar-refractivity contribution >= 4 is 21.6 Å². The van der Waals surface area contributed by atoms with Crippen molar-refractivity contribution in [1.29, 1.82) is 0 Å². The molecule has 4 aromatic rings. The van der Waals surface area contributed by atoms with Crippen LogP contribution in [0.25, 0.3) is 5.82 Å². The number of rotatable bonds is 7. The Labute approximate surface area is 199 Å². The Kier molecular flexibility index (Phi) is 6.41. The van der Waals surface area contributed by atoms with Crippen LogP contribution < -0.4 is 5.32 Å². The summed E-state index contributed by atoms with van der Waals surface area (Å²) < 4.78 is 30.9. The number of carbonyl (C=O) groups is 1. The van der Waals surface area contributed by atoms with E-state index < -0.39 is 10.0 Å². The molecule has 0 aliphatic rings. The average Bonchev–Trinajstić information content (AvgIpc) is 3.35. The fraction of sp³-hybridized carbons (Fsp3) is 0.200. The number of anilines is 1. The fourth-order valence-electron chi connectivity index (χ4n) is 3.87. The molecule has 0 unspecified atom stereocenters. The normalized spacial score (nSPS) is 11.7. The van der Waals surface area contributed by atoms with E-state index in [1.807, 2.05) is 60.9 Å². The van der Waals surface area contributed by atoms with Gasteiger partial charge in [0.1, 0.15) is 11.4 Å². The molecule has 0 aliphatic heterocycles. The first-order chi connectivity index (χ1) is 16.2. The lowest BCUT2D eigenvalue weighted by Crippen LogP contribution is -2.26. The van der Waals surface area contributed by atoms with Crippen molar-refractivity contribution in [2.45, 2.75) is 25.3 Å². The number of amides is 1. The second kappa shape index (κ2) is 9.28. The number of aromatic nitrogens is 3. The maximum Gasteiger partial charge on any atom is 0.261 e. The standard InChI is InChI=1S/C25H27N5O3S/c1-18-10-11-19(2)30(18)25-23(16-26-29(25)4)24(31)27-21-12-14-22(15-13-21)34(32,33)28(3)17-20-8-6-5-7-9-20/h5-16H,17H2,1-4H3,(H,27,31). The topological polar surface area (TPSA) is 89.2 Å². The Morgan fingerprint density at radius 3 is 2.21 bits per heavy atom. The summed E-state index contributed by atoms with van der Waals surface area (Å²) in [6.45, 7) is 4.20. The number of carbonyl (C=O) groups excluding carboxylic acids is 1. The highest BCUT2D eigenvalue weighted by molar-refractivity contribution is 7.89. The summed E-state index contributed by atoms with van der Waals surface area (Å²) >= 11 is 0. The molecular formula is C25H27N5O3S. The van der Waals surface area contributed by atoms with Gasteiger partial charge in [0, 0.05) is 37.7 Å². The third-order valence-electron chi connectivity index (χ3n) is 5.70.